The minimum Gasteiger partial charge on any atom is -0.465 e. The molecule has 0 aliphatic rings. The van der Waals surface area contributed by atoms with E-state index in [-0.39, 0.29) is 0 Å². The summed E-state index contributed by atoms with van der Waals surface area (Å²) in [5, 5.41) is 3.40. The largest absolute Gasteiger partial charge is 0.465 e. The predicted octanol–water partition coefficient (Wildman–Crippen LogP) is 3.37. The number of hydrogen-bond acceptors (Lipinski definition) is 2. The molecule has 0 unspecified atom stereocenters. The second-order valence-electron chi connectivity index (χ2n) is 5.21. The summed E-state index contributed by atoms with van der Waals surface area (Å²) in [4.78, 5) is 0. The average Bonchev–Trinajstić information content (AvgIpc) is 2.59. The lowest BCUT2D eigenvalue weighted by Gasteiger charge is -2.17. The van der Waals surface area contributed by atoms with Gasteiger partial charge in [-0.2, -0.15) is 0 Å². The molecular weight excluding hydrogens is 186 g/mol. The van der Waals surface area contributed by atoms with Gasteiger partial charge in [0, 0.05) is 6.42 Å². The van der Waals surface area contributed by atoms with Crippen LogP contribution in [0.1, 0.15) is 45.6 Å². The quantitative estimate of drug-likeness (QED) is 0.752. The van der Waals surface area contributed by atoms with Crippen molar-refractivity contribution in [2.75, 3.05) is 6.54 Å². The third-order valence-electron chi connectivity index (χ3n) is 2.42. The van der Waals surface area contributed by atoms with E-state index >= 15 is 0 Å². The van der Waals surface area contributed by atoms with E-state index in [4.69, 9.17) is 4.42 Å². The number of furan rings is 1. The molecule has 2 heteroatoms. The van der Waals surface area contributed by atoms with E-state index in [1.165, 1.54) is 6.42 Å². The Morgan fingerprint density at radius 3 is 2.40 bits per heavy atom. The van der Waals surface area contributed by atoms with Crippen LogP contribution < -0.4 is 5.32 Å². The molecule has 0 atom stereocenters. The molecular formula is C13H23NO. The van der Waals surface area contributed by atoms with Crippen LogP contribution in [-0.2, 0) is 13.0 Å². The Kier molecular flexibility index (Phi) is 4.40. The minimum atomic E-state index is 0.407. The second-order valence-corrected chi connectivity index (χ2v) is 5.21. The zero-order valence-electron chi connectivity index (χ0n) is 10.4. The Bertz CT molecular complexity index is 283. The van der Waals surface area contributed by atoms with Gasteiger partial charge in [-0.25, -0.2) is 0 Å². The zero-order valence-corrected chi connectivity index (χ0v) is 10.4. The Labute approximate surface area is 93.1 Å². The summed E-state index contributed by atoms with van der Waals surface area (Å²) in [7, 11) is 0. The molecule has 0 saturated carbocycles. The molecule has 86 valence electrons. The van der Waals surface area contributed by atoms with Gasteiger partial charge in [-0.15, -0.1) is 0 Å². The molecule has 0 saturated heterocycles. The molecule has 2 nitrogen and oxygen atoms in total. The normalized spacial score (nSPS) is 12.0. The van der Waals surface area contributed by atoms with Crippen LogP contribution >= 0.6 is 0 Å². The van der Waals surface area contributed by atoms with Gasteiger partial charge in [0.15, 0.2) is 0 Å². The Balaban J connectivity index is 2.20. The van der Waals surface area contributed by atoms with Crippen molar-refractivity contribution in [1.29, 1.82) is 0 Å². The molecule has 0 bridgehead atoms. The van der Waals surface area contributed by atoms with Crippen LogP contribution in [0.5, 0.6) is 0 Å². The molecule has 0 radical (unpaired) electrons. The van der Waals surface area contributed by atoms with Crippen molar-refractivity contribution in [2.45, 2.75) is 47.1 Å². The summed E-state index contributed by atoms with van der Waals surface area (Å²) in [6, 6.07) is 4.11. The van der Waals surface area contributed by atoms with E-state index in [9.17, 15) is 0 Å². The highest BCUT2D eigenvalue weighted by atomic mass is 16.3. The molecule has 1 aromatic heterocycles. The third kappa shape index (κ3) is 5.03. The van der Waals surface area contributed by atoms with Crippen LogP contribution in [0.2, 0.25) is 0 Å². The lowest BCUT2D eigenvalue weighted by molar-refractivity contribution is 0.359. The molecule has 0 aromatic carbocycles. The average molecular weight is 209 g/mol. The van der Waals surface area contributed by atoms with E-state index in [1.54, 1.807) is 0 Å². The molecule has 1 heterocycles. The highest BCUT2D eigenvalue weighted by Crippen LogP contribution is 2.17. The summed E-state index contributed by atoms with van der Waals surface area (Å²) < 4.78 is 5.60. The van der Waals surface area contributed by atoms with Crippen molar-refractivity contribution < 1.29 is 4.42 Å². The van der Waals surface area contributed by atoms with Crippen LogP contribution in [0, 0.1) is 5.41 Å². The second kappa shape index (κ2) is 5.36. The van der Waals surface area contributed by atoms with Crippen molar-refractivity contribution in [3.05, 3.63) is 23.7 Å². The SMILES string of the molecule is CCc1ccc(CNCCC(C)(C)C)o1. The van der Waals surface area contributed by atoms with E-state index in [2.05, 4.69) is 45.1 Å². The van der Waals surface area contributed by atoms with Gasteiger partial charge < -0.3 is 9.73 Å². The van der Waals surface area contributed by atoms with Crippen molar-refractivity contribution in [2.24, 2.45) is 5.41 Å². The predicted molar refractivity (Wildman–Crippen MR) is 63.9 cm³/mol. The van der Waals surface area contributed by atoms with Crippen molar-refractivity contribution >= 4 is 0 Å². The maximum atomic E-state index is 5.60. The van der Waals surface area contributed by atoms with Gasteiger partial charge in [-0.05, 0) is 30.5 Å². The van der Waals surface area contributed by atoms with Gasteiger partial charge >= 0.3 is 0 Å². The summed E-state index contributed by atoms with van der Waals surface area (Å²) in [6.07, 6.45) is 2.16. The molecule has 15 heavy (non-hydrogen) atoms. The lowest BCUT2D eigenvalue weighted by Crippen LogP contribution is -2.19. The van der Waals surface area contributed by atoms with Crippen LogP contribution in [-0.4, -0.2) is 6.54 Å². The number of nitrogens with one attached hydrogen (secondary N) is 1. The molecule has 1 aromatic rings. The summed E-state index contributed by atoms with van der Waals surface area (Å²) in [5.41, 5.74) is 0.407. The summed E-state index contributed by atoms with van der Waals surface area (Å²) in [5.74, 6) is 2.11. The maximum absolute atomic E-state index is 5.60. The van der Waals surface area contributed by atoms with Crippen molar-refractivity contribution in [3.63, 3.8) is 0 Å². The Morgan fingerprint density at radius 1 is 1.20 bits per heavy atom. The van der Waals surface area contributed by atoms with Crippen LogP contribution in [0.3, 0.4) is 0 Å². The van der Waals surface area contributed by atoms with Gasteiger partial charge in [0.1, 0.15) is 11.5 Å². The van der Waals surface area contributed by atoms with Gasteiger partial charge in [-0.3, -0.25) is 0 Å². The first-order chi connectivity index (χ1) is 7.01. The van der Waals surface area contributed by atoms with Gasteiger partial charge in [-0.1, -0.05) is 27.7 Å². The topological polar surface area (TPSA) is 25.2 Å². The third-order valence-corrected chi connectivity index (χ3v) is 2.42. The zero-order chi connectivity index (χ0) is 11.3. The molecule has 0 aliphatic heterocycles. The molecule has 1 N–H and O–H groups in total. The number of hydrogen-bond donors (Lipinski definition) is 1. The standard InChI is InChI=1S/C13H23NO/c1-5-11-6-7-12(15-11)10-14-9-8-13(2,3)4/h6-7,14H,5,8-10H2,1-4H3. The number of aryl methyl sites for hydroxylation is 1. The van der Waals surface area contributed by atoms with E-state index in [0.29, 0.717) is 5.41 Å². The molecule has 0 aliphatic carbocycles. The molecule has 1 rings (SSSR count). The van der Waals surface area contributed by atoms with E-state index < -0.39 is 0 Å². The van der Waals surface area contributed by atoms with Gasteiger partial charge in [0.2, 0.25) is 0 Å². The Hall–Kier alpha value is -0.760. The monoisotopic (exact) mass is 209 g/mol. The van der Waals surface area contributed by atoms with Gasteiger partial charge in [0.25, 0.3) is 0 Å². The highest BCUT2D eigenvalue weighted by Gasteiger charge is 2.09. The van der Waals surface area contributed by atoms with Crippen LogP contribution in [0.25, 0.3) is 0 Å². The number of rotatable bonds is 5. The fourth-order valence-corrected chi connectivity index (χ4v) is 1.38. The maximum Gasteiger partial charge on any atom is 0.117 e. The van der Waals surface area contributed by atoms with E-state index in [0.717, 1.165) is 31.0 Å². The molecule has 0 amide bonds. The van der Waals surface area contributed by atoms with Crippen molar-refractivity contribution in [3.8, 4) is 0 Å². The summed E-state index contributed by atoms with van der Waals surface area (Å²) >= 11 is 0. The summed E-state index contributed by atoms with van der Waals surface area (Å²) in [6.45, 7) is 10.8. The van der Waals surface area contributed by atoms with Crippen LogP contribution in [0.4, 0.5) is 0 Å². The fourth-order valence-electron chi connectivity index (χ4n) is 1.38. The highest BCUT2D eigenvalue weighted by molar-refractivity contribution is 5.06. The van der Waals surface area contributed by atoms with E-state index in [1.807, 2.05) is 0 Å². The Morgan fingerprint density at radius 2 is 1.87 bits per heavy atom. The van der Waals surface area contributed by atoms with Crippen LogP contribution in [0.15, 0.2) is 16.5 Å². The lowest BCUT2D eigenvalue weighted by atomic mass is 9.92. The smallest absolute Gasteiger partial charge is 0.117 e. The molecule has 0 fully saturated rings. The first kappa shape index (κ1) is 12.3. The van der Waals surface area contributed by atoms with Gasteiger partial charge in [0.05, 0.1) is 6.54 Å². The fraction of sp³-hybridized carbons (Fsp3) is 0.692. The minimum absolute atomic E-state index is 0.407. The first-order valence-electron chi connectivity index (χ1n) is 5.79. The molecule has 0 spiro atoms. The van der Waals surface area contributed by atoms with Crippen molar-refractivity contribution in [1.82, 2.24) is 5.32 Å². The first-order valence-corrected chi connectivity index (χ1v) is 5.79.